The van der Waals surface area contributed by atoms with Gasteiger partial charge in [0.1, 0.15) is 0 Å². The van der Waals surface area contributed by atoms with Crippen molar-refractivity contribution in [2.75, 3.05) is 0 Å². The fourth-order valence-electron chi connectivity index (χ4n) is 1.56. The van der Waals surface area contributed by atoms with Gasteiger partial charge in [-0.15, -0.1) is 17.7 Å². The number of rotatable bonds is 3. The molecule has 0 N–H and O–H groups in total. The second kappa shape index (κ2) is 8.12. The van der Waals surface area contributed by atoms with Gasteiger partial charge in [-0.1, -0.05) is 30.7 Å². The van der Waals surface area contributed by atoms with Crippen LogP contribution in [0.3, 0.4) is 0 Å². The van der Waals surface area contributed by atoms with Crippen molar-refractivity contribution < 1.29 is 73.6 Å². The van der Waals surface area contributed by atoms with E-state index in [0.29, 0.717) is 11.4 Å². The van der Waals surface area contributed by atoms with Gasteiger partial charge in [0.15, 0.2) is 0 Å². The van der Waals surface area contributed by atoms with Crippen LogP contribution < -0.4 is 68.9 Å². The Labute approximate surface area is 165 Å². The average molecular weight is 375 g/mol. The first-order valence-corrected chi connectivity index (χ1v) is 6.51. The van der Waals surface area contributed by atoms with E-state index in [9.17, 15) is 0 Å². The van der Waals surface area contributed by atoms with Crippen LogP contribution in [0.15, 0.2) is 24.3 Å². The molecule has 1 aromatic rings. The third-order valence-corrected chi connectivity index (χ3v) is 3.76. The predicted octanol–water partition coefficient (Wildman–Crippen LogP) is 1.12. The summed E-state index contributed by atoms with van der Waals surface area (Å²) >= 11 is 7.75. The van der Waals surface area contributed by atoms with Crippen molar-refractivity contribution in [3.63, 3.8) is 0 Å². The summed E-state index contributed by atoms with van der Waals surface area (Å²) in [5.41, 5.74) is 1.58. The summed E-state index contributed by atoms with van der Waals surface area (Å²) < 4.78 is 5.52. The number of ether oxygens (including phenoxy) is 1. The molecule has 1 heterocycles. The van der Waals surface area contributed by atoms with E-state index in [4.69, 9.17) is 16.3 Å². The van der Waals surface area contributed by atoms with Gasteiger partial charge >= 0.3 is 68.9 Å². The standard InChI is InChI=1S/C12H14ClOS.Cs/c1-9-5-12(14-7-9)15-8-10-3-2-4-11(13)6-10;/h2-4,6-7,9,12H,5,8H2,1H3;/q-1;+1/t9-,12?;/m1./s1. The molecule has 0 spiro atoms. The fourth-order valence-corrected chi connectivity index (χ4v) is 2.91. The Morgan fingerprint density at radius 2 is 2.38 bits per heavy atom. The minimum Gasteiger partial charge on any atom is -0.542 e. The second-order valence-corrected chi connectivity index (χ2v) is 5.44. The van der Waals surface area contributed by atoms with E-state index >= 15 is 0 Å². The van der Waals surface area contributed by atoms with Gasteiger partial charge in [-0.25, -0.2) is 6.61 Å². The molecule has 2 rings (SSSR count). The Morgan fingerprint density at radius 3 is 3.00 bits per heavy atom. The summed E-state index contributed by atoms with van der Waals surface area (Å²) in [5.74, 6) is 1.55. The maximum atomic E-state index is 5.92. The smallest absolute Gasteiger partial charge is 0.542 e. The summed E-state index contributed by atoms with van der Waals surface area (Å²) in [6, 6.07) is 8.00. The maximum absolute atomic E-state index is 5.92. The number of halogens is 1. The normalized spacial score (nSPS) is 24.1. The molecule has 1 aliphatic heterocycles. The van der Waals surface area contributed by atoms with Crippen molar-refractivity contribution in [2.45, 2.75) is 24.5 Å². The summed E-state index contributed by atoms with van der Waals surface area (Å²) in [7, 11) is 0. The van der Waals surface area contributed by atoms with E-state index in [1.807, 2.05) is 36.6 Å². The van der Waals surface area contributed by atoms with Crippen LogP contribution in [0.1, 0.15) is 18.9 Å². The van der Waals surface area contributed by atoms with E-state index in [2.05, 4.69) is 13.0 Å². The van der Waals surface area contributed by atoms with Crippen LogP contribution in [0.2, 0.25) is 5.02 Å². The van der Waals surface area contributed by atoms with Crippen LogP contribution in [-0.2, 0) is 10.5 Å². The summed E-state index contributed by atoms with van der Waals surface area (Å²) in [6.45, 7) is 4.12. The first-order valence-electron chi connectivity index (χ1n) is 5.09. The van der Waals surface area contributed by atoms with Gasteiger partial charge in [-0.2, -0.15) is 0 Å². The average Bonchev–Trinajstić information content (AvgIpc) is 2.62. The molecule has 0 radical (unpaired) electrons. The van der Waals surface area contributed by atoms with Gasteiger partial charge in [0.25, 0.3) is 0 Å². The molecule has 1 fully saturated rings. The molecular formula is C12H14ClCsOS. The SMILES string of the molecule is C[C@H]1[CH-]OC(SCc2cccc(Cl)c2)C1.[Cs+]. The number of hydrogen-bond donors (Lipinski definition) is 0. The molecule has 1 unspecified atom stereocenters. The molecule has 0 aromatic heterocycles. The zero-order valence-corrected chi connectivity index (χ0v) is 17.5. The van der Waals surface area contributed by atoms with Gasteiger partial charge in [-0.05, 0) is 24.1 Å². The van der Waals surface area contributed by atoms with Crippen molar-refractivity contribution in [1.82, 2.24) is 0 Å². The molecule has 1 saturated heterocycles. The molecule has 16 heavy (non-hydrogen) atoms. The van der Waals surface area contributed by atoms with Crippen molar-refractivity contribution >= 4 is 23.4 Å². The predicted molar refractivity (Wildman–Crippen MR) is 65.7 cm³/mol. The monoisotopic (exact) mass is 374 g/mol. The van der Waals surface area contributed by atoms with Gasteiger partial charge < -0.3 is 4.74 Å². The first-order chi connectivity index (χ1) is 7.24. The fraction of sp³-hybridized carbons (Fsp3) is 0.417. The van der Waals surface area contributed by atoms with E-state index in [0.717, 1.165) is 17.2 Å². The van der Waals surface area contributed by atoms with Crippen LogP contribution >= 0.6 is 23.4 Å². The molecule has 4 heteroatoms. The minimum atomic E-state index is 0. The number of hydrogen-bond acceptors (Lipinski definition) is 2. The summed E-state index contributed by atoms with van der Waals surface area (Å²) in [4.78, 5) is 0. The molecule has 0 amide bonds. The van der Waals surface area contributed by atoms with Crippen molar-refractivity contribution in [3.05, 3.63) is 41.5 Å². The first kappa shape index (κ1) is 15.9. The number of benzene rings is 1. The Morgan fingerprint density at radius 1 is 1.56 bits per heavy atom. The van der Waals surface area contributed by atoms with Gasteiger partial charge in [-0.3, -0.25) is 0 Å². The zero-order chi connectivity index (χ0) is 10.7. The Balaban J connectivity index is 0.00000128. The molecule has 2 atom stereocenters. The summed E-state index contributed by atoms with van der Waals surface area (Å²) in [6.07, 6.45) is 1.12. The Bertz CT molecular complexity index is 335. The molecule has 0 aliphatic carbocycles. The Hall–Kier alpha value is 1.87. The van der Waals surface area contributed by atoms with E-state index in [1.165, 1.54) is 5.56 Å². The van der Waals surface area contributed by atoms with Gasteiger partial charge in [0.2, 0.25) is 0 Å². The second-order valence-electron chi connectivity index (χ2n) is 3.86. The van der Waals surface area contributed by atoms with Gasteiger partial charge in [0.05, 0.1) is 5.44 Å². The molecule has 0 saturated carbocycles. The minimum absolute atomic E-state index is 0. The summed E-state index contributed by atoms with van der Waals surface area (Å²) in [5, 5.41) is 0.806. The van der Waals surface area contributed by atoms with Crippen molar-refractivity contribution in [2.24, 2.45) is 5.92 Å². The molecule has 0 bridgehead atoms. The molecule has 82 valence electrons. The van der Waals surface area contributed by atoms with Crippen LogP contribution in [0.25, 0.3) is 0 Å². The van der Waals surface area contributed by atoms with Crippen molar-refractivity contribution in [1.29, 1.82) is 0 Å². The van der Waals surface area contributed by atoms with Crippen LogP contribution in [-0.4, -0.2) is 5.44 Å². The van der Waals surface area contributed by atoms with Crippen LogP contribution in [0.4, 0.5) is 0 Å². The van der Waals surface area contributed by atoms with E-state index in [1.54, 1.807) is 0 Å². The van der Waals surface area contributed by atoms with E-state index in [-0.39, 0.29) is 68.9 Å². The number of thioether (sulfide) groups is 1. The van der Waals surface area contributed by atoms with Crippen molar-refractivity contribution in [3.8, 4) is 0 Å². The largest absolute Gasteiger partial charge is 1.00 e. The third-order valence-electron chi connectivity index (χ3n) is 2.35. The van der Waals surface area contributed by atoms with Crippen LogP contribution in [0.5, 0.6) is 0 Å². The third kappa shape index (κ3) is 5.24. The zero-order valence-electron chi connectivity index (χ0n) is 9.65. The molecule has 1 aromatic carbocycles. The quantitative estimate of drug-likeness (QED) is 0.734. The topological polar surface area (TPSA) is 9.23 Å². The van der Waals surface area contributed by atoms with E-state index < -0.39 is 0 Å². The Kier molecular flexibility index (Phi) is 8.09. The maximum Gasteiger partial charge on any atom is 1.00 e. The molecule has 1 nitrogen and oxygen atoms in total. The van der Waals surface area contributed by atoms with Gasteiger partial charge in [0, 0.05) is 10.8 Å². The molecular weight excluding hydrogens is 361 g/mol. The van der Waals surface area contributed by atoms with Crippen LogP contribution in [0, 0.1) is 12.5 Å². The molecule has 1 aliphatic rings.